The maximum Gasteiger partial charge on any atom is 0.240 e. The van der Waals surface area contributed by atoms with Gasteiger partial charge >= 0.3 is 0 Å². The molecule has 1 aliphatic rings. The molecule has 1 aromatic carbocycles. The number of likely N-dealkylation sites (N-methyl/N-ethyl adjacent to an activating group) is 1. The van der Waals surface area contributed by atoms with Gasteiger partial charge in [-0.05, 0) is 24.7 Å². The summed E-state index contributed by atoms with van der Waals surface area (Å²) in [6.45, 7) is 1.22. The van der Waals surface area contributed by atoms with Crippen molar-refractivity contribution in [3.63, 3.8) is 0 Å². The zero-order valence-corrected chi connectivity index (χ0v) is 9.81. The minimum atomic E-state index is -0.498. The Balaban J connectivity index is 2.05. The van der Waals surface area contributed by atoms with Crippen LogP contribution in [0.3, 0.4) is 0 Å². The molecule has 1 unspecified atom stereocenters. The lowest BCUT2D eigenvalue weighted by atomic mass is 10.1. The Hall–Kier alpha value is -1.59. The smallest absolute Gasteiger partial charge is 0.240 e. The summed E-state index contributed by atoms with van der Waals surface area (Å²) in [5.41, 5.74) is 4.57. The number of anilines is 1. The number of hydrogen-bond donors (Lipinski definition) is 3. The minimum Gasteiger partial charge on any atom is -0.387 e. The third-order valence-electron chi connectivity index (χ3n) is 2.81. The standard InChI is InChI=1S/C12H17N3O2/c1-13-8-11(16)9-2-4-10(5-3-9)15-7-6-12(17)14-15/h2-5,11,13,16H,6-8H2,1H3,(H,14,17). The van der Waals surface area contributed by atoms with Gasteiger partial charge in [0.15, 0.2) is 0 Å². The molecular formula is C12H17N3O2. The fraction of sp³-hybridized carbons (Fsp3) is 0.417. The van der Waals surface area contributed by atoms with Crippen molar-refractivity contribution in [2.75, 3.05) is 25.1 Å². The van der Waals surface area contributed by atoms with E-state index in [4.69, 9.17) is 0 Å². The van der Waals surface area contributed by atoms with E-state index in [0.29, 0.717) is 19.5 Å². The van der Waals surface area contributed by atoms with Gasteiger partial charge in [0.2, 0.25) is 5.91 Å². The number of hydrogen-bond acceptors (Lipinski definition) is 4. The molecule has 1 saturated heterocycles. The maximum atomic E-state index is 11.1. The molecule has 0 saturated carbocycles. The number of nitrogens with one attached hydrogen (secondary N) is 2. The van der Waals surface area contributed by atoms with Crippen LogP contribution < -0.4 is 15.8 Å². The molecule has 1 atom stereocenters. The second kappa shape index (κ2) is 5.16. The summed E-state index contributed by atoms with van der Waals surface area (Å²) >= 11 is 0. The van der Waals surface area contributed by atoms with E-state index in [2.05, 4.69) is 10.7 Å². The van der Waals surface area contributed by atoms with Crippen LogP contribution in [0, 0.1) is 0 Å². The fourth-order valence-electron chi connectivity index (χ4n) is 1.86. The van der Waals surface area contributed by atoms with Gasteiger partial charge in [-0.15, -0.1) is 0 Å². The fourth-order valence-corrected chi connectivity index (χ4v) is 1.86. The lowest BCUT2D eigenvalue weighted by molar-refractivity contribution is -0.119. The summed E-state index contributed by atoms with van der Waals surface area (Å²) in [5, 5.41) is 14.5. The second-order valence-electron chi connectivity index (χ2n) is 4.10. The molecule has 0 aliphatic carbocycles. The first kappa shape index (κ1) is 11.9. The molecule has 0 spiro atoms. The molecule has 1 aromatic rings. The van der Waals surface area contributed by atoms with Crippen LogP contribution in [0.1, 0.15) is 18.1 Å². The molecule has 1 heterocycles. The number of aliphatic hydroxyl groups is 1. The number of amides is 1. The highest BCUT2D eigenvalue weighted by Gasteiger charge is 2.18. The van der Waals surface area contributed by atoms with E-state index in [9.17, 15) is 9.90 Å². The third-order valence-corrected chi connectivity index (χ3v) is 2.81. The maximum absolute atomic E-state index is 11.1. The van der Waals surface area contributed by atoms with Crippen LogP contribution >= 0.6 is 0 Å². The van der Waals surface area contributed by atoms with Gasteiger partial charge in [0.1, 0.15) is 0 Å². The van der Waals surface area contributed by atoms with Gasteiger partial charge in [-0.3, -0.25) is 15.2 Å². The molecule has 5 heteroatoms. The van der Waals surface area contributed by atoms with Crippen LogP contribution in [0.5, 0.6) is 0 Å². The van der Waals surface area contributed by atoms with Crippen molar-refractivity contribution in [2.24, 2.45) is 0 Å². The van der Waals surface area contributed by atoms with Gasteiger partial charge in [0.05, 0.1) is 11.8 Å². The first-order valence-electron chi connectivity index (χ1n) is 5.70. The Morgan fingerprint density at radius 2 is 2.18 bits per heavy atom. The number of carbonyl (C=O) groups is 1. The van der Waals surface area contributed by atoms with Gasteiger partial charge in [-0.25, -0.2) is 0 Å². The average molecular weight is 235 g/mol. The first-order valence-corrected chi connectivity index (χ1v) is 5.70. The molecule has 92 valence electrons. The predicted molar refractivity (Wildman–Crippen MR) is 65.4 cm³/mol. The first-order chi connectivity index (χ1) is 8.20. The lowest BCUT2D eigenvalue weighted by Crippen LogP contribution is -2.32. The van der Waals surface area contributed by atoms with E-state index in [1.165, 1.54) is 0 Å². The Bertz CT molecular complexity index is 391. The summed E-state index contributed by atoms with van der Waals surface area (Å²) in [6, 6.07) is 7.56. The van der Waals surface area contributed by atoms with Gasteiger partial charge in [0, 0.05) is 19.5 Å². The number of nitrogens with zero attached hydrogens (tertiary/aromatic N) is 1. The lowest BCUT2D eigenvalue weighted by Gasteiger charge is -2.18. The molecule has 3 N–H and O–H groups in total. The van der Waals surface area contributed by atoms with Gasteiger partial charge < -0.3 is 10.4 Å². The number of hydrazine groups is 1. The highest BCUT2D eigenvalue weighted by atomic mass is 16.3. The van der Waals surface area contributed by atoms with E-state index in [1.807, 2.05) is 29.3 Å². The van der Waals surface area contributed by atoms with Gasteiger partial charge in [-0.2, -0.15) is 0 Å². The largest absolute Gasteiger partial charge is 0.387 e. The van der Waals surface area contributed by atoms with Crippen molar-refractivity contribution in [1.29, 1.82) is 0 Å². The van der Waals surface area contributed by atoms with Crippen LogP contribution in [0.25, 0.3) is 0 Å². The SMILES string of the molecule is CNCC(O)c1ccc(N2CCC(=O)N2)cc1. The van der Waals surface area contributed by atoms with E-state index in [0.717, 1.165) is 11.3 Å². The summed E-state index contributed by atoms with van der Waals surface area (Å²) in [5.74, 6) is 0.0456. The van der Waals surface area contributed by atoms with E-state index >= 15 is 0 Å². The monoisotopic (exact) mass is 235 g/mol. The van der Waals surface area contributed by atoms with Crippen LogP contribution in [-0.2, 0) is 4.79 Å². The minimum absolute atomic E-state index is 0.0456. The van der Waals surface area contributed by atoms with Gasteiger partial charge in [-0.1, -0.05) is 12.1 Å². The molecule has 1 aliphatic heterocycles. The zero-order valence-electron chi connectivity index (χ0n) is 9.81. The summed E-state index contributed by atoms with van der Waals surface area (Å²) < 4.78 is 0. The molecular weight excluding hydrogens is 218 g/mol. The van der Waals surface area contributed by atoms with E-state index in [-0.39, 0.29) is 5.91 Å². The van der Waals surface area contributed by atoms with Crippen LogP contribution in [-0.4, -0.2) is 31.2 Å². The van der Waals surface area contributed by atoms with Crippen LogP contribution in [0.15, 0.2) is 24.3 Å². The Morgan fingerprint density at radius 1 is 1.47 bits per heavy atom. The molecule has 5 nitrogen and oxygen atoms in total. The van der Waals surface area contributed by atoms with Crippen molar-refractivity contribution in [2.45, 2.75) is 12.5 Å². The highest BCUT2D eigenvalue weighted by Crippen LogP contribution is 2.19. The summed E-state index contributed by atoms with van der Waals surface area (Å²) in [6.07, 6.45) is 0.0339. The zero-order chi connectivity index (χ0) is 12.3. The molecule has 17 heavy (non-hydrogen) atoms. The molecule has 0 aromatic heterocycles. The highest BCUT2D eigenvalue weighted by molar-refractivity contribution is 5.81. The normalized spacial score (nSPS) is 17.1. The molecule has 1 fully saturated rings. The summed E-state index contributed by atoms with van der Waals surface area (Å²) in [4.78, 5) is 11.1. The Labute approximate surface area is 100 Å². The van der Waals surface area contributed by atoms with Crippen molar-refractivity contribution in [3.8, 4) is 0 Å². The van der Waals surface area contributed by atoms with Crippen molar-refractivity contribution >= 4 is 11.6 Å². The third kappa shape index (κ3) is 2.75. The quantitative estimate of drug-likeness (QED) is 0.696. The predicted octanol–water partition coefficient (Wildman–Crippen LogP) is 0.181. The van der Waals surface area contributed by atoms with Crippen LogP contribution in [0.2, 0.25) is 0 Å². The average Bonchev–Trinajstić information content (AvgIpc) is 2.76. The number of benzene rings is 1. The summed E-state index contributed by atoms with van der Waals surface area (Å²) in [7, 11) is 1.80. The molecule has 2 rings (SSSR count). The number of rotatable bonds is 4. The molecule has 0 bridgehead atoms. The number of carbonyl (C=O) groups excluding carboxylic acids is 1. The van der Waals surface area contributed by atoms with Crippen LogP contribution in [0.4, 0.5) is 5.69 Å². The topological polar surface area (TPSA) is 64.6 Å². The van der Waals surface area contributed by atoms with Crippen molar-refractivity contribution in [1.82, 2.24) is 10.7 Å². The van der Waals surface area contributed by atoms with E-state index in [1.54, 1.807) is 7.05 Å². The molecule has 0 radical (unpaired) electrons. The van der Waals surface area contributed by atoms with Crippen molar-refractivity contribution < 1.29 is 9.90 Å². The Kier molecular flexibility index (Phi) is 3.61. The van der Waals surface area contributed by atoms with Gasteiger partial charge in [0.25, 0.3) is 0 Å². The molecule has 1 amide bonds. The van der Waals surface area contributed by atoms with E-state index < -0.39 is 6.10 Å². The second-order valence-corrected chi connectivity index (χ2v) is 4.10. The Morgan fingerprint density at radius 3 is 2.71 bits per heavy atom. The number of aliphatic hydroxyl groups excluding tert-OH is 1. The van der Waals surface area contributed by atoms with Crippen molar-refractivity contribution in [3.05, 3.63) is 29.8 Å².